The van der Waals surface area contributed by atoms with E-state index >= 15 is 0 Å². The smallest absolute Gasteiger partial charge is 0.317 e. The van der Waals surface area contributed by atoms with Crippen molar-refractivity contribution in [2.45, 2.75) is 64.1 Å². The molecule has 0 amide bonds. The number of methoxy groups -OCH3 is 1. The van der Waals surface area contributed by atoms with E-state index in [1.54, 1.807) is 7.11 Å². The maximum Gasteiger partial charge on any atom is 0.317 e. The molecule has 0 spiro atoms. The summed E-state index contributed by atoms with van der Waals surface area (Å²) < 4.78 is 5.35. The molecular formula is C13H25NO3. The lowest BCUT2D eigenvalue weighted by molar-refractivity contribution is -0.141. The fraction of sp³-hybridized carbons (Fsp3) is 0.923. The van der Waals surface area contributed by atoms with Crippen molar-refractivity contribution in [1.82, 2.24) is 4.90 Å². The van der Waals surface area contributed by atoms with Gasteiger partial charge in [-0.2, -0.15) is 0 Å². The lowest BCUT2D eigenvalue weighted by atomic mass is 9.89. The fourth-order valence-electron chi connectivity index (χ4n) is 2.65. The molecule has 100 valence electrons. The summed E-state index contributed by atoms with van der Waals surface area (Å²) in [5, 5.41) is 9.01. The lowest BCUT2D eigenvalue weighted by Gasteiger charge is -2.43. The number of nitrogens with zero attached hydrogens (tertiary/aromatic N) is 1. The predicted octanol–water partition coefficient (Wildman–Crippen LogP) is 2.13. The molecule has 1 saturated carbocycles. The topological polar surface area (TPSA) is 49.8 Å². The molecule has 0 aromatic carbocycles. The Bertz CT molecular complexity index is 252. The Morgan fingerprint density at radius 2 is 1.82 bits per heavy atom. The molecule has 1 N–H and O–H groups in total. The van der Waals surface area contributed by atoms with Crippen LogP contribution in [0.2, 0.25) is 0 Å². The van der Waals surface area contributed by atoms with Gasteiger partial charge in [0.25, 0.3) is 0 Å². The second-order valence-corrected chi connectivity index (χ2v) is 5.86. The maximum atomic E-state index is 11.0. The summed E-state index contributed by atoms with van der Waals surface area (Å²) in [7, 11) is 1.75. The minimum Gasteiger partial charge on any atom is -0.480 e. The molecule has 0 heterocycles. The molecule has 1 rings (SSSR count). The summed E-state index contributed by atoms with van der Waals surface area (Å²) in [6.07, 6.45) is 4.49. The van der Waals surface area contributed by atoms with Crippen LogP contribution in [0.1, 0.15) is 46.5 Å². The first-order valence-electron chi connectivity index (χ1n) is 6.36. The van der Waals surface area contributed by atoms with Gasteiger partial charge in [0.15, 0.2) is 0 Å². The van der Waals surface area contributed by atoms with Crippen LogP contribution in [0.4, 0.5) is 0 Å². The van der Waals surface area contributed by atoms with Gasteiger partial charge in [-0.15, -0.1) is 0 Å². The second-order valence-electron chi connectivity index (χ2n) is 5.86. The third-order valence-electron chi connectivity index (χ3n) is 3.59. The number of carboxylic acids is 1. The molecule has 17 heavy (non-hydrogen) atoms. The third kappa shape index (κ3) is 4.28. The number of carboxylic acid groups (broad SMARTS) is 1. The van der Waals surface area contributed by atoms with Gasteiger partial charge in [0.05, 0.1) is 12.6 Å². The van der Waals surface area contributed by atoms with Gasteiger partial charge in [0.2, 0.25) is 0 Å². The lowest BCUT2D eigenvalue weighted by Crippen LogP contribution is -2.51. The minimum absolute atomic E-state index is 0.0943. The molecule has 0 radical (unpaired) electrons. The van der Waals surface area contributed by atoms with Crippen LogP contribution in [0.15, 0.2) is 0 Å². The number of rotatable bonds is 4. The Morgan fingerprint density at radius 3 is 2.18 bits per heavy atom. The standard InChI is InChI=1S/C13H25NO3/c1-13(2,3)14(9-12(15)16)10-5-7-11(17-4)8-6-10/h10-11H,5-9H2,1-4H3,(H,15,16). The first-order chi connectivity index (χ1) is 7.84. The number of hydrogen-bond donors (Lipinski definition) is 1. The number of carbonyl (C=O) groups is 1. The van der Waals surface area contributed by atoms with E-state index in [1.807, 2.05) is 0 Å². The van der Waals surface area contributed by atoms with Crippen LogP contribution in [-0.2, 0) is 9.53 Å². The van der Waals surface area contributed by atoms with E-state index in [9.17, 15) is 4.79 Å². The third-order valence-corrected chi connectivity index (χ3v) is 3.59. The van der Waals surface area contributed by atoms with Crippen molar-refractivity contribution < 1.29 is 14.6 Å². The van der Waals surface area contributed by atoms with Gasteiger partial charge in [0, 0.05) is 18.7 Å². The summed E-state index contributed by atoms with van der Waals surface area (Å²) in [6.45, 7) is 6.38. The fourth-order valence-corrected chi connectivity index (χ4v) is 2.65. The average molecular weight is 243 g/mol. The van der Waals surface area contributed by atoms with E-state index in [1.165, 1.54) is 0 Å². The SMILES string of the molecule is COC1CCC(N(CC(=O)O)C(C)(C)C)CC1. The Morgan fingerprint density at radius 1 is 1.29 bits per heavy atom. The summed E-state index contributed by atoms with van der Waals surface area (Å²) >= 11 is 0. The second kappa shape index (κ2) is 5.83. The summed E-state index contributed by atoms with van der Waals surface area (Å²) in [6, 6.07) is 0.373. The summed E-state index contributed by atoms with van der Waals surface area (Å²) in [5.74, 6) is -0.742. The molecule has 0 bridgehead atoms. The van der Waals surface area contributed by atoms with Crippen LogP contribution in [0.5, 0.6) is 0 Å². The zero-order valence-electron chi connectivity index (χ0n) is 11.4. The van der Waals surface area contributed by atoms with Gasteiger partial charge < -0.3 is 9.84 Å². The molecule has 1 fully saturated rings. The average Bonchev–Trinajstić information content (AvgIpc) is 2.24. The molecule has 0 saturated heterocycles. The molecular weight excluding hydrogens is 218 g/mol. The van der Waals surface area contributed by atoms with Crippen molar-refractivity contribution in [3.63, 3.8) is 0 Å². The highest BCUT2D eigenvalue weighted by Gasteiger charge is 2.33. The number of hydrogen-bond acceptors (Lipinski definition) is 3. The zero-order valence-corrected chi connectivity index (χ0v) is 11.4. The van der Waals surface area contributed by atoms with Crippen molar-refractivity contribution in [3.05, 3.63) is 0 Å². The molecule has 1 aliphatic rings. The van der Waals surface area contributed by atoms with Crippen LogP contribution < -0.4 is 0 Å². The normalized spacial score (nSPS) is 26.2. The molecule has 4 heteroatoms. The van der Waals surface area contributed by atoms with Gasteiger partial charge in [-0.05, 0) is 46.5 Å². The van der Waals surface area contributed by atoms with Crippen LogP contribution in [-0.4, -0.2) is 47.3 Å². The molecule has 1 aliphatic carbocycles. The number of ether oxygens (including phenoxy) is 1. The van der Waals surface area contributed by atoms with Crippen LogP contribution >= 0.6 is 0 Å². The quantitative estimate of drug-likeness (QED) is 0.821. The van der Waals surface area contributed by atoms with Gasteiger partial charge in [-0.1, -0.05) is 0 Å². The Balaban J connectivity index is 2.62. The number of aliphatic carboxylic acids is 1. The van der Waals surface area contributed by atoms with Crippen molar-refractivity contribution >= 4 is 5.97 Å². The Kier molecular flexibility index (Phi) is 4.95. The maximum absolute atomic E-state index is 11.0. The highest BCUT2D eigenvalue weighted by atomic mass is 16.5. The van der Waals surface area contributed by atoms with Gasteiger partial charge in [-0.25, -0.2) is 0 Å². The van der Waals surface area contributed by atoms with Crippen molar-refractivity contribution in [2.75, 3.05) is 13.7 Å². The highest BCUT2D eigenvalue weighted by molar-refractivity contribution is 5.69. The van der Waals surface area contributed by atoms with Crippen LogP contribution in [0.25, 0.3) is 0 Å². The van der Waals surface area contributed by atoms with E-state index in [2.05, 4.69) is 25.7 Å². The minimum atomic E-state index is -0.742. The Hall–Kier alpha value is -0.610. The van der Waals surface area contributed by atoms with Gasteiger partial charge in [-0.3, -0.25) is 9.69 Å². The summed E-state index contributed by atoms with van der Waals surface area (Å²) in [4.78, 5) is 13.1. The van der Waals surface area contributed by atoms with E-state index in [0.717, 1.165) is 25.7 Å². The van der Waals surface area contributed by atoms with E-state index in [0.29, 0.717) is 12.1 Å². The van der Waals surface area contributed by atoms with Crippen molar-refractivity contribution in [3.8, 4) is 0 Å². The van der Waals surface area contributed by atoms with Crippen molar-refractivity contribution in [2.24, 2.45) is 0 Å². The highest BCUT2D eigenvalue weighted by Crippen LogP contribution is 2.29. The molecule has 0 unspecified atom stereocenters. The van der Waals surface area contributed by atoms with Crippen LogP contribution in [0, 0.1) is 0 Å². The Labute approximate surface area is 104 Å². The molecule has 0 aromatic heterocycles. The zero-order chi connectivity index (χ0) is 13.1. The molecule has 4 nitrogen and oxygen atoms in total. The molecule has 0 aromatic rings. The van der Waals surface area contributed by atoms with E-state index in [4.69, 9.17) is 9.84 Å². The monoisotopic (exact) mass is 243 g/mol. The first-order valence-corrected chi connectivity index (χ1v) is 6.36. The van der Waals surface area contributed by atoms with Gasteiger partial charge in [0.1, 0.15) is 0 Å². The van der Waals surface area contributed by atoms with E-state index in [-0.39, 0.29) is 12.1 Å². The van der Waals surface area contributed by atoms with Crippen LogP contribution in [0.3, 0.4) is 0 Å². The first kappa shape index (κ1) is 14.5. The molecule has 0 atom stereocenters. The molecule has 0 aliphatic heterocycles. The van der Waals surface area contributed by atoms with Crippen molar-refractivity contribution in [1.29, 1.82) is 0 Å². The summed E-state index contributed by atoms with van der Waals surface area (Å²) in [5.41, 5.74) is -0.0943. The predicted molar refractivity (Wildman–Crippen MR) is 67.1 cm³/mol. The van der Waals surface area contributed by atoms with Gasteiger partial charge >= 0.3 is 5.97 Å². The largest absolute Gasteiger partial charge is 0.480 e. The van der Waals surface area contributed by atoms with E-state index < -0.39 is 5.97 Å².